The van der Waals surface area contributed by atoms with Gasteiger partial charge in [-0.1, -0.05) is 114 Å². The first kappa shape index (κ1) is 36.6. The zero-order valence-electron chi connectivity index (χ0n) is 28.6. The van der Waals surface area contributed by atoms with E-state index in [1.54, 1.807) is 0 Å². The first-order valence-electron chi connectivity index (χ1n) is 18.0. The van der Waals surface area contributed by atoms with Crippen molar-refractivity contribution in [2.24, 2.45) is 0 Å². The van der Waals surface area contributed by atoms with E-state index in [9.17, 15) is 0 Å². The Bertz CT molecular complexity index is 1790. The highest BCUT2D eigenvalue weighted by Gasteiger charge is 2.26. The summed E-state index contributed by atoms with van der Waals surface area (Å²) in [5, 5.41) is 0. The number of halogens is 2. The largest absolute Gasteiger partial charge is 0.255 e. The molecule has 0 aliphatic carbocycles. The Morgan fingerprint density at radius 1 is 0.531 bits per heavy atom. The average molecular weight is 836 g/mol. The van der Waals surface area contributed by atoms with Crippen molar-refractivity contribution < 1.29 is 0 Å². The van der Waals surface area contributed by atoms with Gasteiger partial charge in [-0.25, -0.2) is 9.97 Å². The molecule has 6 rings (SSSR count). The fourth-order valence-electron chi connectivity index (χ4n) is 6.47. The van der Waals surface area contributed by atoms with E-state index in [0.29, 0.717) is 0 Å². The molecular formula is C41H45Br2N3S3. The number of aromatic nitrogens is 3. The van der Waals surface area contributed by atoms with Crippen LogP contribution in [0, 0.1) is 0 Å². The minimum atomic E-state index is 0.831. The number of hydrogen-bond donors (Lipinski definition) is 0. The lowest BCUT2D eigenvalue weighted by Gasteiger charge is -2.10. The van der Waals surface area contributed by atoms with Crippen LogP contribution in [0.4, 0.5) is 0 Å². The lowest BCUT2D eigenvalue weighted by Crippen LogP contribution is -1.97. The van der Waals surface area contributed by atoms with Gasteiger partial charge in [0.2, 0.25) is 0 Å². The summed E-state index contributed by atoms with van der Waals surface area (Å²) in [6, 6.07) is 21.2. The topological polar surface area (TPSA) is 38.7 Å². The maximum absolute atomic E-state index is 5.56. The Hall–Kier alpha value is -2.23. The van der Waals surface area contributed by atoms with Gasteiger partial charge in [-0.15, -0.1) is 34.0 Å². The molecule has 0 spiro atoms. The van der Waals surface area contributed by atoms with Crippen molar-refractivity contribution in [2.45, 2.75) is 104 Å². The van der Waals surface area contributed by atoms with Crippen LogP contribution in [0.5, 0.6) is 0 Å². The molecule has 0 bridgehead atoms. The highest BCUT2D eigenvalue weighted by Crippen LogP contribution is 2.51. The van der Waals surface area contributed by atoms with Crippen molar-refractivity contribution in [3.05, 3.63) is 85.6 Å². The molecule has 6 aromatic rings. The number of fused-ring (bicyclic) bond motifs is 1. The molecule has 0 unspecified atom stereocenters. The number of pyridine rings is 1. The monoisotopic (exact) mass is 833 g/mol. The third kappa shape index (κ3) is 9.17. The van der Waals surface area contributed by atoms with Gasteiger partial charge in [0.05, 0.1) is 38.5 Å². The van der Waals surface area contributed by atoms with Crippen LogP contribution in [0.1, 0.15) is 102 Å². The molecule has 3 nitrogen and oxygen atoms in total. The molecule has 5 heterocycles. The second-order valence-corrected chi connectivity index (χ2v) is 18.7. The number of hydrogen-bond acceptors (Lipinski definition) is 6. The van der Waals surface area contributed by atoms with E-state index in [4.69, 9.17) is 15.0 Å². The summed E-state index contributed by atoms with van der Waals surface area (Å²) in [5.74, 6) is 0. The number of benzene rings is 1. The highest BCUT2D eigenvalue weighted by atomic mass is 79.9. The second kappa shape index (κ2) is 18.3. The van der Waals surface area contributed by atoms with Gasteiger partial charge in [-0.05, 0) is 92.9 Å². The molecule has 0 saturated carbocycles. The predicted molar refractivity (Wildman–Crippen MR) is 222 cm³/mol. The fourth-order valence-corrected chi connectivity index (χ4v) is 11.4. The minimum Gasteiger partial charge on any atom is -0.255 e. The van der Waals surface area contributed by atoms with Crippen molar-refractivity contribution in [3.63, 3.8) is 0 Å². The van der Waals surface area contributed by atoms with Crippen molar-refractivity contribution in [2.75, 3.05) is 0 Å². The summed E-state index contributed by atoms with van der Waals surface area (Å²) in [5.41, 5.74) is 8.41. The number of unbranched alkanes of at least 4 members (excludes halogenated alkanes) is 10. The molecule has 0 aliphatic heterocycles. The van der Waals surface area contributed by atoms with Gasteiger partial charge in [0.1, 0.15) is 16.7 Å². The van der Waals surface area contributed by atoms with Crippen LogP contribution in [0.25, 0.3) is 53.2 Å². The quantitative estimate of drug-likeness (QED) is 0.0810. The van der Waals surface area contributed by atoms with Crippen molar-refractivity contribution in [1.82, 2.24) is 15.0 Å². The minimum absolute atomic E-state index is 0.831. The molecule has 1 aromatic carbocycles. The molecule has 0 saturated heterocycles. The van der Waals surface area contributed by atoms with E-state index < -0.39 is 0 Å². The Morgan fingerprint density at radius 3 is 1.57 bits per heavy atom. The summed E-state index contributed by atoms with van der Waals surface area (Å²) in [7, 11) is 0. The Morgan fingerprint density at radius 2 is 1.04 bits per heavy atom. The molecule has 0 fully saturated rings. The SMILES string of the molecule is CCCCCCCCc1cc(Br)sc1-c1sc(-c2sc(Br)cc2CCCCCCCC)c2nc(-c3ccccn3)c(-c3ccccc3)nc12. The first-order chi connectivity index (χ1) is 24.1. The van der Waals surface area contributed by atoms with Gasteiger partial charge in [0.15, 0.2) is 0 Å². The first-order valence-corrected chi connectivity index (χ1v) is 22.0. The van der Waals surface area contributed by atoms with Crippen molar-refractivity contribution in [1.29, 1.82) is 0 Å². The normalized spacial score (nSPS) is 11.6. The molecule has 8 heteroatoms. The molecule has 0 radical (unpaired) electrons. The van der Waals surface area contributed by atoms with Gasteiger partial charge < -0.3 is 0 Å². The van der Waals surface area contributed by atoms with E-state index in [1.165, 1.54) is 115 Å². The number of rotatable bonds is 18. The van der Waals surface area contributed by atoms with Gasteiger partial charge in [-0.2, -0.15) is 0 Å². The lowest BCUT2D eigenvalue weighted by molar-refractivity contribution is 0.608. The van der Waals surface area contributed by atoms with Crippen LogP contribution in [-0.4, -0.2) is 15.0 Å². The molecule has 49 heavy (non-hydrogen) atoms. The van der Waals surface area contributed by atoms with E-state index in [-0.39, 0.29) is 0 Å². The molecule has 0 aliphatic rings. The number of aryl methyl sites for hydroxylation is 2. The predicted octanol–water partition coefficient (Wildman–Crippen LogP) is 15.2. The Labute approximate surface area is 320 Å². The number of thiophene rings is 3. The number of nitrogens with zero attached hydrogens (tertiary/aromatic N) is 3. The van der Waals surface area contributed by atoms with Crippen LogP contribution in [0.2, 0.25) is 0 Å². The van der Waals surface area contributed by atoms with Gasteiger partial charge >= 0.3 is 0 Å². The van der Waals surface area contributed by atoms with E-state index in [1.807, 2.05) is 52.3 Å². The summed E-state index contributed by atoms with van der Waals surface area (Å²) < 4.78 is 2.35. The smallest absolute Gasteiger partial charge is 0.116 e. The third-order valence-electron chi connectivity index (χ3n) is 9.05. The maximum Gasteiger partial charge on any atom is 0.116 e. The van der Waals surface area contributed by atoms with Crippen molar-refractivity contribution >= 4 is 76.9 Å². The second-order valence-electron chi connectivity index (χ2n) is 12.8. The van der Waals surface area contributed by atoms with Crippen LogP contribution in [0.3, 0.4) is 0 Å². The van der Waals surface area contributed by atoms with Gasteiger partial charge in [0, 0.05) is 11.8 Å². The van der Waals surface area contributed by atoms with E-state index >= 15 is 0 Å². The molecule has 0 N–H and O–H groups in total. The summed E-state index contributed by atoms with van der Waals surface area (Å²) in [6.45, 7) is 4.57. The van der Waals surface area contributed by atoms with Gasteiger partial charge in [0.25, 0.3) is 0 Å². The van der Waals surface area contributed by atoms with Crippen LogP contribution in [-0.2, 0) is 12.8 Å². The van der Waals surface area contributed by atoms with Crippen molar-refractivity contribution in [3.8, 4) is 42.2 Å². The Balaban J connectivity index is 1.48. The highest BCUT2D eigenvalue weighted by molar-refractivity contribution is 9.11. The summed E-state index contributed by atoms with van der Waals surface area (Å²) in [4.78, 5) is 21.0. The fraction of sp³-hybridized carbons (Fsp3) is 0.390. The van der Waals surface area contributed by atoms with Gasteiger partial charge in [-0.3, -0.25) is 4.98 Å². The lowest BCUT2D eigenvalue weighted by atomic mass is 10.0. The average Bonchev–Trinajstić information content (AvgIpc) is 3.81. The molecular weight excluding hydrogens is 790 g/mol. The molecule has 256 valence electrons. The molecule has 0 amide bonds. The zero-order chi connectivity index (χ0) is 34.0. The molecule has 5 aromatic heterocycles. The van der Waals surface area contributed by atoms with Crippen LogP contribution < -0.4 is 0 Å². The summed E-state index contributed by atoms with van der Waals surface area (Å²) >= 11 is 13.3. The Kier molecular flexibility index (Phi) is 13.7. The standard InChI is InChI=1S/C41H45Br2N3S3/c1-3-5-7-9-11-14-22-29-26-32(42)47-38(29)40-36-37(41(49-40)39-30(27-33(43)48-39)23-15-12-10-8-6-4-2)46-35(31-24-18-19-25-44-31)34(45-36)28-20-16-13-17-21-28/h13,16-21,24-27H,3-12,14-15,22-23H2,1-2H3. The third-order valence-corrected chi connectivity index (χ3v) is 13.9. The molecule has 0 atom stereocenters. The van der Waals surface area contributed by atoms with Crippen LogP contribution >= 0.6 is 65.9 Å². The van der Waals surface area contributed by atoms with E-state index in [0.717, 1.165) is 46.5 Å². The maximum atomic E-state index is 5.56. The van der Waals surface area contributed by atoms with Crippen LogP contribution in [0.15, 0.2) is 74.4 Å². The summed E-state index contributed by atoms with van der Waals surface area (Å²) in [6.07, 6.45) is 19.5. The zero-order valence-corrected chi connectivity index (χ0v) is 34.2. The van der Waals surface area contributed by atoms with E-state index in [2.05, 4.69) is 94.2 Å².